The van der Waals surface area contributed by atoms with Crippen LogP contribution in [-0.4, -0.2) is 0 Å². The van der Waals surface area contributed by atoms with E-state index < -0.39 is 0 Å². The second-order valence-corrected chi connectivity index (χ2v) is 0. The van der Waals surface area contributed by atoms with Crippen LogP contribution in [0.25, 0.3) is 0 Å². The quantitative estimate of drug-likeness (QED) is 0.485. The van der Waals surface area contributed by atoms with Gasteiger partial charge in [-0.1, -0.05) is 0 Å². The molecule has 0 aliphatic heterocycles. The SMILES string of the molecule is [Ce].[La].[Nb].[Ti]. The Hall–Kier alpha value is 4.03. The van der Waals surface area contributed by atoms with E-state index in [0.717, 1.165) is 0 Å². The average Bonchev–Trinajstić information content (AvgIpc) is 0. The standard InChI is InChI=1S/Ce.La.Nb.Ti. The number of hydrogen-bond donors (Lipinski definition) is 0. The monoisotopic (exact) mass is 420 g/mol. The molecule has 0 amide bonds. The van der Waals surface area contributed by atoms with Gasteiger partial charge < -0.3 is 0 Å². The predicted octanol–water partition coefficient (Wildman–Crippen LogP) is -0.00500. The van der Waals surface area contributed by atoms with E-state index in [2.05, 4.69) is 0 Å². The molecule has 0 aromatic heterocycles. The summed E-state index contributed by atoms with van der Waals surface area (Å²) in [5.41, 5.74) is 0. The fourth-order valence-corrected chi connectivity index (χ4v) is 0. The molecule has 0 aliphatic carbocycles. The summed E-state index contributed by atoms with van der Waals surface area (Å²) in [4.78, 5) is 0. The summed E-state index contributed by atoms with van der Waals surface area (Å²) in [6.07, 6.45) is 0. The van der Waals surface area contributed by atoms with Gasteiger partial charge in [-0.05, 0) is 0 Å². The third kappa shape index (κ3) is 9.39. The fraction of sp³-hybridized carbons (Fsp3) is 0. The summed E-state index contributed by atoms with van der Waals surface area (Å²) in [7, 11) is 0. The summed E-state index contributed by atoms with van der Waals surface area (Å²) >= 11 is 0. The zero-order valence-electron chi connectivity index (χ0n) is 2.02. The van der Waals surface area contributed by atoms with Crippen molar-refractivity contribution < 1.29 is 121 Å². The van der Waals surface area contributed by atoms with E-state index in [1.807, 2.05) is 0 Å². The van der Waals surface area contributed by atoms with Crippen LogP contribution in [-0.2, 0) is 44.1 Å². The summed E-state index contributed by atoms with van der Waals surface area (Å²) in [5.74, 6) is 0. The normalized spacial score (nSPS) is 0. The van der Waals surface area contributed by atoms with Gasteiger partial charge >= 0.3 is 0 Å². The van der Waals surface area contributed by atoms with E-state index in [1.165, 1.54) is 0 Å². The third-order valence-corrected chi connectivity index (χ3v) is 0. The van der Waals surface area contributed by atoms with Crippen molar-refractivity contribution in [3.8, 4) is 0 Å². The zero-order valence-corrected chi connectivity index (χ0v) is 12.6. The van der Waals surface area contributed by atoms with Crippen LogP contribution in [0.5, 0.6) is 0 Å². The van der Waals surface area contributed by atoms with Crippen LogP contribution in [0.1, 0.15) is 0 Å². The van der Waals surface area contributed by atoms with Crippen LogP contribution in [0.3, 0.4) is 0 Å². The molecule has 0 saturated heterocycles. The van der Waals surface area contributed by atoms with Gasteiger partial charge in [0.1, 0.15) is 0 Å². The molecule has 16 valence electrons. The second kappa shape index (κ2) is 15.7. The van der Waals surface area contributed by atoms with Crippen molar-refractivity contribution in [2.75, 3.05) is 0 Å². The van der Waals surface area contributed by atoms with Gasteiger partial charge in [0.05, 0.1) is 0 Å². The molecule has 0 N–H and O–H groups in total. The minimum absolute atomic E-state index is 0. The van der Waals surface area contributed by atoms with Crippen molar-refractivity contribution in [3.63, 3.8) is 0 Å². The number of rotatable bonds is 0. The molecule has 0 rings (SSSR count). The molecule has 0 heterocycles. The van der Waals surface area contributed by atoms with Crippen molar-refractivity contribution in [3.05, 3.63) is 0 Å². The van der Waals surface area contributed by atoms with Gasteiger partial charge in [0, 0.05) is 121 Å². The number of hydrogen-bond acceptors (Lipinski definition) is 0. The Labute approximate surface area is 118 Å². The van der Waals surface area contributed by atoms with E-state index in [1.54, 1.807) is 0 Å². The Bertz CT molecular complexity index is 8.00. The topological polar surface area (TPSA) is 0 Å². The van der Waals surface area contributed by atoms with Gasteiger partial charge in [-0.25, -0.2) is 0 Å². The molecule has 0 fully saturated rings. The molecule has 0 atom stereocenters. The Kier molecular flexibility index (Phi) is 96.2. The Balaban J connectivity index is 0. The first-order valence-electron chi connectivity index (χ1n) is 0. The Morgan fingerprint density at radius 1 is 1.00 bits per heavy atom. The molecule has 4 heteroatoms. The first kappa shape index (κ1) is 24.4. The minimum Gasteiger partial charge on any atom is 0 e. The fourth-order valence-electron chi connectivity index (χ4n) is 0. The van der Waals surface area contributed by atoms with E-state index in [0.29, 0.717) is 0 Å². The average molecular weight is 420 g/mol. The van der Waals surface area contributed by atoms with E-state index >= 15 is 0 Å². The van der Waals surface area contributed by atoms with Crippen LogP contribution in [0.2, 0.25) is 0 Å². The first-order chi connectivity index (χ1) is 0. The summed E-state index contributed by atoms with van der Waals surface area (Å²) in [6.45, 7) is 0. The van der Waals surface area contributed by atoms with Crippen molar-refractivity contribution in [1.29, 1.82) is 0 Å². The van der Waals surface area contributed by atoms with Crippen LogP contribution in [0.4, 0.5) is 0 Å². The second-order valence-electron chi connectivity index (χ2n) is 0. The van der Waals surface area contributed by atoms with Gasteiger partial charge in [0.2, 0.25) is 0 Å². The summed E-state index contributed by atoms with van der Waals surface area (Å²) < 4.78 is 0. The van der Waals surface area contributed by atoms with Gasteiger partial charge in [0.25, 0.3) is 0 Å². The Morgan fingerprint density at radius 2 is 1.00 bits per heavy atom. The molecule has 2 radical (unpaired) electrons. The molecule has 0 bridgehead atoms. The minimum atomic E-state index is 0. The first-order valence-corrected chi connectivity index (χ1v) is 0. The predicted molar refractivity (Wildman–Crippen MR) is 0 cm³/mol. The maximum Gasteiger partial charge on any atom is 0 e. The summed E-state index contributed by atoms with van der Waals surface area (Å²) in [6, 6.07) is 0. The van der Waals surface area contributed by atoms with E-state index in [-0.39, 0.29) is 121 Å². The van der Waals surface area contributed by atoms with Crippen LogP contribution in [0, 0.1) is 77.3 Å². The van der Waals surface area contributed by atoms with Crippen LogP contribution < -0.4 is 0 Å². The molecule has 0 aliphatic rings. The molecular weight excluding hydrogens is 420 g/mol. The van der Waals surface area contributed by atoms with Crippen molar-refractivity contribution in [2.24, 2.45) is 0 Å². The van der Waals surface area contributed by atoms with Crippen molar-refractivity contribution in [1.82, 2.24) is 0 Å². The van der Waals surface area contributed by atoms with E-state index in [4.69, 9.17) is 0 Å². The molecule has 0 spiro atoms. The molecular formula is CeLaNbTi. The molecule has 0 saturated carbocycles. The van der Waals surface area contributed by atoms with Crippen LogP contribution in [0.15, 0.2) is 0 Å². The summed E-state index contributed by atoms with van der Waals surface area (Å²) in [5, 5.41) is 0. The smallest absolute Gasteiger partial charge is 0 e. The maximum absolute atomic E-state index is 0. The molecule has 4 heavy (non-hydrogen) atoms. The van der Waals surface area contributed by atoms with Gasteiger partial charge in [0.15, 0.2) is 0 Å². The molecule has 0 aromatic rings. The third-order valence-electron chi connectivity index (χ3n) is 0. The van der Waals surface area contributed by atoms with Gasteiger partial charge in [-0.15, -0.1) is 0 Å². The van der Waals surface area contributed by atoms with E-state index in [9.17, 15) is 0 Å². The van der Waals surface area contributed by atoms with Crippen molar-refractivity contribution in [2.45, 2.75) is 0 Å². The largest absolute Gasteiger partial charge is 0 e. The maximum atomic E-state index is 0. The molecule has 0 unspecified atom stereocenters. The Morgan fingerprint density at radius 3 is 1.00 bits per heavy atom. The van der Waals surface area contributed by atoms with Gasteiger partial charge in [-0.3, -0.25) is 0 Å². The van der Waals surface area contributed by atoms with Gasteiger partial charge in [-0.2, -0.15) is 0 Å². The molecule has 0 nitrogen and oxygen atoms in total. The van der Waals surface area contributed by atoms with Crippen LogP contribution >= 0.6 is 0 Å². The zero-order chi connectivity index (χ0) is 0. The molecule has 0 aromatic carbocycles. The van der Waals surface area contributed by atoms with Crippen molar-refractivity contribution >= 4 is 0 Å².